The zero-order chi connectivity index (χ0) is 24.0. The maximum Gasteiger partial charge on any atom is 0.387 e. The molecule has 0 atom stereocenters. The number of benzene rings is 1. The number of nitrogens with zero attached hydrogens (tertiary/aromatic N) is 3. The van der Waals surface area contributed by atoms with Gasteiger partial charge in [0.2, 0.25) is 5.88 Å². The molecule has 2 aliphatic carbocycles. The van der Waals surface area contributed by atoms with Gasteiger partial charge < -0.3 is 15.2 Å². The van der Waals surface area contributed by atoms with E-state index in [1.807, 2.05) is 0 Å². The number of nitrogens with two attached hydrogens (primary N) is 1. The number of hydrogen-bond donors (Lipinski definition) is 1. The number of urea groups is 1. The summed E-state index contributed by atoms with van der Waals surface area (Å²) in [5, 5.41) is 0. The molecule has 2 heterocycles. The lowest BCUT2D eigenvalue weighted by Crippen LogP contribution is -2.60. The lowest BCUT2D eigenvalue weighted by atomic mass is 9.52. The molecular formula is C23H22F2N4O5. The fourth-order valence-electron chi connectivity index (χ4n) is 5.22. The number of rotatable bonds is 7. The summed E-state index contributed by atoms with van der Waals surface area (Å²) in [5.41, 5.74) is 5.68. The third-order valence-electron chi connectivity index (χ3n) is 6.71. The van der Waals surface area contributed by atoms with E-state index in [-0.39, 0.29) is 52.9 Å². The van der Waals surface area contributed by atoms with Crippen molar-refractivity contribution in [3.05, 3.63) is 48.2 Å². The molecule has 11 heteroatoms. The molecule has 9 nitrogen and oxygen atoms in total. The van der Waals surface area contributed by atoms with Crippen molar-refractivity contribution in [3.8, 4) is 11.6 Å². The quantitative estimate of drug-likeness (QED) is 0.620. The minimum absolute atomic E-state index is 0.0400. The van der Waals surface area contributed by atoms with E-state index in [0.717, 1.165) is 0 Å². The highest BCUT2D eigenvalue weighted by Crippen LogP contribution is 2.58. The number of carbonyl (C=O) groups is 3. The highest BCUT2D eigenvalue weighted by molar-refractivity contribution is 6.13. The van der Waals surface area contributed by atoms with Gasteiger partial charge in [0.15, 0.2) is 0 Å². The van der Waals surface area contributed by atoms with Gasteiger partial charge in [0.1, 0.15) is 24.0 Å². The fourth-order valence-corrected chi connectivity index (χ4v) is 5.22. The van der Waals surface area contributed by atoms with E-state index in [1.54, 1.807) is 18.2 Å². The van der Waals surface area contributed by atoms with Crippen molar-refractivity contribution in [2.75, 3.05) is 11.4 Å². The first kappa shape index (κ1) is 22.1. The Hall–Kier alpha value is -3.76. The van der Waals surface area contributed by atoms with Crippen molar-refractivity contribution in [1.29, 1.82) is 0 Å². The van der Waals surface area contributed by atoms with Crippen LogP contribution in [0.1, 0.15) is 36.0 Å². The Morgan fingerprint density at radius 3 is 2.56 bits per heavy atom. The number of para-hydroxylation sites is 2. The molecule has 1 aliphatic heterocycles. The molecule has 3 aliphatic rings. The van der Waals surface area contributed by atoms with Gasteiger partial charge in [-0.2, -0.15) is 8.78 Å². The van der Waals surface area contributed by atoms with Crippen molar-refractivity contribution in [2.45, 2.75) is 44.4 Å². The second-order valence-electron chi connectivity index (χ2n) is 8.91. The van der Waals surface area contributed by atoms with Crippen LogP contribution in [-0.2, 0) is 4.79 Å². The first-order valence-corrected chi connectivity index (χ1v) is 10.9. The number of carbonyl (C=O) groups excluding carboxylic acids is 3. The molecule has 0 unspecified atom stereocenters. The first-order valence-electron chi connectivity index (χ1n) is 10.9. The number of halogens is 2. The fraction of sp³-hybridized carbons (Fsp3) is 0.391. The molecule has 3 fully saturated rings. The van der Waals surface area contributed by atoms with Gasteiger partial charge in [-0.25, -0.2) is 9.78 Å². The molecule has 34 heavy (non-hydrogen) atoms. The van der Waals surface area contributed by atoms with Crippen LogP contribution in [0.4, 0.5) is 19.3 Å². The maximum absolute atomic E-state index is 13.0. The molecule has 5 rings (SSSR count). The molecule has 2 saturated carbocycles. The van der Waals surface area contributed by atoms with Crippen molar-refractivity contribution in [1.82, 2.24) is 9.88 Å². The first-order chi connectivity index (χ1) is 16.3. The number of alkyl halides is 2. The van der Waals surface area contributed by atoms with Gasteiger partial charge in [0.25, 0.3) is 11.8 Å². The van der Waals surface area contributed by atoms with Gasteiger partial charge in [-0.15, -0.1) is 0 Å². The molecule has 2 aromatic rings. The Kier molecular flexibility index (Phi) is 5.34. The SMILES string of the molecule is NC(=O)c1cccnc1OC1CC2(C1)CC(N1C(=O)CN(c3ccccc3OC(F)F)C1=O)C2. The monoisotopic (exact) mass is 472 g/mol. The molecule has 1 aromatic carbocycles. The van der Waals surface area contributed by atoms with E-state index in [1.165, 1.54) is 34.2 Å². The summed E-state index contributed by atoms with van der Waals surface area (Å²) in [6, 6.07) is 8.28. The lowest BCUT2D eigenvalue weighted by molar-refractivity contribution is -0.138. The molecule has 1 spiro atoms. The lowest BCUT2D eigenvalue weighted by Gasteiger charge is -2.58. The number of aromatic nitrogens is 1. The summed E-state index contributed by atoms with van der Waals surface area (Å²) in [4.78, 5) is 43.7. The summed E-state index contributed by atoms with van der Waals surface area (Å²) in [7, 11) is 0. The third kappa shape index (κ3) is 3.80. The van der Waals surface area contributed by atoms with Crippen molar-refractivity contribution in [2.24, 2.45) is 11.1 Å². The van der Waals surface area contributed by atoms with E-state index >= 15 is 0 Å². The van der Waals surface area contributed by atoms with E-state index in [4.69, 9.17) is 10.5 Å². The van der Waals surface area contributed by atoms with Crippen LogP contribution in [0.15, 0.2) is 42.6 Å². The van der Waals surface area contributed by atoms with Gasteiger partial charge in [-0.3, -0.25) is 19.4 Å². The number of pyridine rings is 1. The number of ether oxygens (including phenoxy) is 2. The van der Waals surface area contributed by atoms with E-state index in [2.05, 4.69) is 9.72 Å². The van der Waals surface area contributed by atoms with Gasteiger partial charge >= 0.3 is 12.6 Å². The van der Waals surface area contributed by atoms with Crippen LogP contribution in [0.5, 0.6) is 11.6 Å². The molecule has 4 amide bonds. The summed E-state index contributed by atoms with van der Waals surface area (Å²) < 4.78 is 35.9. The highest BCUT2D eigenvalue weighted by atomic mass is 19.3. The zero-order valence-electron chi connectivity index (χ0n) is 18.0. The van der Waals surface area contributed by atoms with Crippen LogP contribution in [0, 0.1) is 5.41 Å². The van der Waals surface area contributed by atoms with Crippen molar-refractivity contribution >= 4 is 23.5 Å². The Labute approximate surface area is 193 Å². The second-order valence-corrected chi connectivity index (χ2v) is 8.91. The zero-order valence-corrected chi connectivity index (χ0v) is 18.0. The Balaban J connectivity index is 1.20. The Morgan fingerprint density at radius 2 is 1.85 bits per heavy atom. The summed E-state index contributed by atoms with van der Waals surface area (Å²) >= 11 is 0. The van der Waals surface area contributed by atoms with Crippen molar-refractivity contribution in [3.63, 3.8) is 0 Å². The molecule has 0 bridgehead atoms. The van der Waals surface area contributed by atoms with Crippen LogP contribution in [0.3, 0.4) is 0 Å². The average molecular weight is 472 g/mol. The normalized spacial score (nSPS) is 26.0. The predicted octanol–water partition coefficient (Wildman–Crippen LogP) is 2.94. The van der Waals surface area contributed by atoms with Crippen molar-refractivity contribution < 1.29 is 32.6 Å². The average Bonchev–Trinajstić information content (AvgIpc) is 3.03. The number of hydrogen-bond acceptors (Lipinski definition) is 6. The van der Waals surface area contributed by atoms with Crippen LogP contribution in [-0.4, -0.2) is 53.0 Å². The van der Waals surface area contributed by atoms with Crippen LogP contribution in [0.2, 0.25) is 0 Å². The van der Waals surface area contributed by atoms with E-state index in [0.29, 0.717) is 25.7 Å². The highest BCUT2D eigenvalue weighted by Gasteiger charge is 2.58. The minimum atomic E-state index is -3.05. The molecular weight excluding hydrogens is 450 g/mol. The molecule has 178 valence electrons. The molecule has 0 radical (unpaired) electrons. The predicted molar refractivity (Wildman–Crippen MR) is 115 cm³/mol. The number of amides is 4. The molecule has 1 saturated heterocycles. The Bertz CT molecular complexity index is 1150. The standard InChI is InChI=1S/C23H22F2N4O5/c24-21(25)34-17-6-2-1-5-16(17)28-12-18(30)29(22(28)32)13-8-23(9-13)10-14(11-23)33-20-15(19(26)31)4-3-7-27-20/h1-7,13-14,21H,8-12H2,(H2,26,31). The second kappa shape index (κ2) is 8.23. The van der Waals surface area contributed by atoms with Crippen LogP contribution in [0.25, 0.3) is 0 Å². The van der Waals surface area contributed by atoms with Gasteiger partial charge in [0.05, 0.1) is 5.69 Å². The third-order valence-corrected chi connectivity index (χ3v) is 6.71. The number of imide groups is 1. The minimum Gasteiger partial charge on any atom is -0.474 e. The Morgan fingerprint density at radius 1 is 1.12 bits per heavy atom. The number of anilines is 1. The molecule has 1 aromatic heterocycles. The summed E-state index contributed by atoms with van der Waals surface area (Å²) in [6.45, 7) is -3.27. The topological polar surface area (TPSA) is 115 Å². The van der Waals surface area contributed by atoms with E-state index in [9.17, 15) is 23.2 Å². The molecule has 2 N–H and O–H groups in total. The smallest absolute Gasteiger partial charge is 0.387 e. The van der Waals surface area contributed by atoms with Crippen LogP contribution >= 0.6 is 0 Å². The largest absolute Gasteiger partial charge is 0.474 e. The maximum atomic E-state index is 13.0. The van der Waals surface area contributed by atoms with Gasteiger partial charge in [-0.05, 0) is 55.4 Å². The van der Waals surface area contributed by atoms with E-state index < -0.39 is 18.5 Å². The van der Waals surface area contributed by atoms with Crippen LogP contribution < -0.4 is 20.1 Å². The summed E-state index contributed by atoms with van der Waals surface area (Å²) in [6.07, 6.45) is 4.09. The van der Waals surface area contributed by atoms with Gasteiger partial charge in [-0.1, -0.05) is 12.1 Å². The summed E-state index contributed by atoms with van der Waals surface area (Å²) in [5.74, 6) is -0.939. The number of primary amides is 1. The van der Waals surface area contributed by atoms with Gasteiger partial charge in [0, 0.05) is 12.2 Å².